The predicted octanol–water partition coefficient (Wildman–Crippen LogP) is 7.92. The van der Waals surface area contributed by atoms with Gasteiger partial charge >= 0.3 is 5.97 Å². The Hall–Kier alpha value is -5.92. The Labute approximate surface area is 436 Å². The molecule has 1 unspecified atom stereocenters. The average Bonchev–Trinajstić information content (AvgIpc) is 3.82. The van der Waals surface area contributed by atoms with Gasteiger partial charge in [0, 0.05) is 66.7 Å². The molecular formula is C52H60N3O16S4+. The average molecular weight is 1110 g/mol. The second-order valence-electron chi connectivity index (χ2n) is 19.8. The molecule has 23 heteroatoms. The van der Waals surface area contributed by atoms with Gasteiger partial charge in [-0.25, -0.2) is 4.79 Å². The van der Waals surface area contributed by atoms with E-state index in [4.69, 9.17) is 4.84 Å². The van der Waals surface area contributed by atoms with Crippen molar-refractivity contribution in [1.29, 1.82) is 0 Å². The van der Waals surface area contributed by atoms with Gasteiger partial charge in [0.1, 0.15) is 6.54 Å². The molecule has 0 radical (unpaired) electrons. The Morgan fingerprint density at radius 2 is 1.21 bits per heavy atom. The molecule has 0 bridgehead atoms. The standard InChI is InChI=1S/C52H59N3O16S4/c1-34-30-36(74(65,66)67)32-40-38(34)19-21-42-49(40)51(3,4)44(53(42)26-14-28-72(59,60)61)16-10-7-6-8-11-17-45-52(5,25-13-9-12-18-48(58)71-55-46(56)23-24-47(55)57)50-41-33-37(75(68,69)70)31-35(2)39(41)20-22-43(50)54(45)27-15-29-73(62,63)64/h6-8,10-11,16-17,19-22,30-33H,9,12-15,18,23-29H2,1-5H3,(H3-,59,60,61,62,63,64,65,66,67,68,69,70)/p+1. The first-order valence-corrected chi connectivity index (χ1v) is 30.2. The molecule has 7 rings (SSSR count). The zero-order valence-corrected chi connectivity index (χ0v) is 45.3. The van der Waals surface area contributed by atoms with Crippen molar-refractivity contribution in [2.45, 2.75) is 113 Å². The number of unbranched alkanes of at least 4 members (excludes halogenated alkanes) is 2. The molecule has 3 aliphatic rings. The lowest BCUT2D eigenvalue weighted by atomic mass is 9.73. The first-order chi connectivity index (χ1) is 34.9. The fourth-order valence-electron chi connectivity index (χ4n) is 10.6. The minimum atomic E-state index is -4.66. The second kappa shape index (κ2) is 21.6. The summed E-state index contributed by atoms with van der Waals surface area (Å²) in [5.74, 6) is -2.96. The van der Waals surface area contributed by atoms with E-state index in [2.05, 4.69) is 0 Å². The number of aryl methyl sites for hydroxylation is 2. The molecule has 75 heavy (non-hydrogen) atoms. The van der Waals surface area contributed by atoms with Crippen LogP contribution in [0.1, 0.15) is 101 Å². The normalized spacial score (nSPS) is 18.9. The van der Waals surface area contributed by atoms with Crippen molar-refractivity contribution in [3.8, 4) is 0 Å². The van der Waals surface area contributed by atoms with Crippen LogP contribution in [0, 0.1) is 13.8 Å². The first kappa shape index (κ1) is 56.8. The van der Waals surface area contributed by atoms with Crippen LogP contribution in [0.2, 0.25) is 0 Å². The number of imide groups is 1. The first-order valence-electron chi connectivity index (χ1n) is 24.1. The minimum absolute atomic E-state index is 0.00927. The lowest BCUT2D eigenvalue weighted by Crippen LogP contribution is -2.32. The quantitative estimate of drug-likeness (QED) is 0.0202. The molecule has 4 N–H and O–H groups in total. The Morgan fingerprint density at radius 3 is 1.80 bits per heavy atom. The minimum Gasteiger partial charge on any atom is -0.344 e. The fraction of sp³-hybridized carbons (Fsp3) is 0.385. The van der Waals surface area contributed by atoms with E-state index in [0.717, 1.165) is 16.6 Å². The molecule has 0 aromatic heterocycles. The number of anilines is 1. The van der Waals surface area contributed by atoms with E-state index in [1.54, 1.807) is 44.2 Å². The van der Waals surface area contributed by atoms with E-state index in [1.165, 1.54) is 24.3 Å². The molecule has 3 heterocycles. The second-order valence-corrected chi connectivity index (χ2v) is 25.7. The number of carbonyl (C=O) groups excluding carboxylic acids is 3. The number of hydrogen-bond donors (Lipinski definition) is 4. The zero-order valence-electron chi connectivity index (χ0n) is 42.0. The summed E-state index contributed by atoms with van der Waals surface area (Å²) in [6, 6.07) is 13.0. The van der Waals surface area contributed by atoms with Crippen LogP contribution in [0.3, 0.4) is 0 Å². The third-order valence-corrected chi connectivity index (χ3v) is 17.3. The number of hydrogen-bond acceptors (Lipinski definition) is 13. The Bertz CT molecular complexity index is 3640. The van der Waals surface area contributed by atoms with Crippen LogP contribution in [-0.2, 0) is 70.5 Å². The van der Waals surface area contributed by atoms with Gasteiger partial charge in [0.15, 0.2) is 5.71 Å². The van der Waals surface area contributed by atoms with Gasteiger partial charge in [0.25, 0.3) is 52.3 Å². The SMILES string of the molecule is Cc1cc(S(=O)(=O)O)cc2c3c(ccc12)[N+](CCCS(=O)(=O)O)=C(/C=C/C=C/C=C/C=C1/N(CCCS(=O)(=O)O)c2ccc4c(C)cc(S(=O)(=O)O)cc4c2C1(C)C)C3(C)CCCCCC(=O)ON1C(=O)CCC1=O. The Balaban J connectivity index is 1.23. The smallest absolute Gasteiger partial charge is 0.333 e. The number of rotatable bonds is 21. The summed E-state index contributed by atoms with van der Waals surface area (Å²) in [6.07, 6.45) is 14.2. The van der Waals surface area contributed by atoms with Crippen molar-refractivity contribution >= 4 is 96.9 Å². The lowest BCUT2D eigenvalue weighted by Gasteiger charge is -2.27. The summed E-state index contributed by atoms with van der Waals surface area (Å²) >= 11 is 0. The van der Waals surface area contributed by atoms with Crippen molar-refractivity contribution < 1.29 is 75.7 Å². The summed E-state index contributed by atoms with van der Waals surface area (Å²) < 4.78 is 139. The topological polar surface area (TPSA) is 287 Å². The maximum atomic E-state index is 12.6. The number of amides is 2. The molecule has 0 aliphatic carbocycles. The molecule has 1 saturated heterocycles. The van der Waals surface area contributed by atoms with E-state index >= 15 is 0 Å². The van der Waals surface area contributed by atoms with Gasteiger partial charge in [-0.1, -0.05) is 63.1 Å². The highest BCUT2D eigenvalue weighted by atomic mass is 32.2. The number of benzene rings is 4. The van der Waals surface area contributed by atoms with Gasteiger partial charge in [-0.05, 0) is 121 Å². The van der Waals surface area contributed by atoms with Gasteiger partial charge in [0.05, 0.1) is 26.7 Å². The molecule has 4 aromatic rings. The molecular weight excluding hydrogens is 1050 g/mol. The fourth-order valence-corrected chi connectivity index (χ4v) is 12.8. The molecule has 1 fully saturated rings. The van der Waals surface area contributed by atoms with E-state index < -0.39 is 80.6 Å². The number of fused-ring (bicyclic) bond motifs is 6. The Morgan fingerprint density at radius 1 is 0.667 bits per heavy atom. The van der Waals surface area contributed by atoms with Crippen molar-refractivity contribution in [2.24, 2.45) is 0 Å². The van der Waals surface area contributed by atoms with Crippen LogP contribution >= 0.6 is 0 Å². The van der Waals surface area contributed by atoms with Gasteiger partial charge in [0.2, 0.25) is 5.69 Å². The van der Waals surface area contributed by atoms with E-state index in [9.17, 15) is 66.3 Å². The predicted molar refractivity (Wildman–Crippen MR) is 282 cm³/mol. The number of allylic oxidation sites excluding steroid dienone is 8. The molecule has 3 aliphatic heterocycles. The number of hydroxylamine groups is 2. The van der Waals surface area contributed by atoms with E-state index in [1.807, 2.05) is 66.7 Å². The van der Waals surface area contributed by atoms with Crippen molar-refractivity contribution in [2.75, 3.05) is 29.5 Å². The van der Waals surface area contributed by atoms with Crippen LogP contribution in [0.4, 0.5) is 11.4 Å². The highest BCUT2D eigenvalue weighted by Crippen LogP contribution is 2.52. The van der Waals surface area contributed by atoms with Gasteiger partial charge in [-0.15, -0.1) is 5.06 Å². The maximum absolute atomic E-state index is 12.6. The van der Waals surface area contributed by atoms with E-state index in [-0.39, 0.29) is 55.0 Å². The molecule has 402 valence electrons. The number of carbonyl (C=O) groups is 3. The highest BCUT2D eigenvalue weighted by molar-refractivity contribution is 7.86. The summed E-state index contributed by atoms with van der Waals surface area (Å²) in [4.78, 5) is 43.0. The molecule has 1 atom stereocenters. The van der Waals surface area contributed by atoms with E-state index in [0.29, 0.717) is 80.7 Å². The van der Waals surface area contributed by atoms with Crippen LogP contribution in [-0.4, -0.2) is 110 Å². The van der Waals surface area contributed by atoms with Crippen molar-refractivity contribution in [3.63, 3.8) is 0 Å². The summed E-state index contributed by atoms with van der Waals surface area (Å²) in [7, 11) is -17.9. The van der Waals surface area contributed by atoms with Crippen molar-refractivity contribution in [1.82, 2.24) is 5.06 Å². The summed E-state index contributed by atoms with van der Waals surface area (Å²) in [5, 5.41) is 3.09. The largest absolute Gasteiger partial charge is 0.344 e. The van der Waals surface area contributed by atoms with Gasteiger partial charge < -0.3 is 9.74 Å². The molecule has 19 nitrogen and oxygen atoms in total. The monoisotopic (exact) mass is 1110 g/mol. The molecule has 0 spiro atoms. The summed E-state index contributed by atoms with van der Waals surface area (Å²) in [5.41, 5.74) is 3.73. The zero-order chi connectivity index (χ0) is 55.1. The third kappa shape index (κ3) is 12.5. The third-order valence-electron chi connectivity index (χ3n) is 14.0. The van der Waals surface area contributed by atoms with Crippen LogP contribution < -0.4 is 4.90 Å². The maximum Gasteiger partial charge on any atom is 0.333 e. The summed E-state index contributed by atoms with van der Waals surface area (Å²) in [6.45, 7) is 9.62. The Kier molecular flexibility index (Phi) is 16.4. The molecule has 2 amide bonds. The highest BCUT2D eigenvalue weighted by Gasteiger charge is 2.49. The molecule has 0 saturated carbocycles. The van der Waals surface area contributed by atoms with Gasteiger partial charge in [-0.2, -0.15) is 38.2 Å². The van der Waals surface area contributed by atoms with Gasteiger partial charge in [-0.3, -0.25) is 27.8 Å². The van der Waals surface area contributed by atoms with Crippen molar-refractivity contribution in [3.05, 3.63) is 119 Å². The van der Waals surface area contributed by atoms with Crippen LogP contribution in [0.5, 0.6) is 0 Å². The molecule has 4 aromatic carbocycles. The van der Waals surface area contributed by atoms with Crippen LogP contribution in [0.25, 0.3) is 21.5 Å². The van der Waals surface area contributed by atoms with Crippen LogP contribution in [0.15, 0.2) is 107 Å². The lowest BCUT2D eigenvalue weighted by molar-refractivity contribution is -0.437. The number of nitrogens with zero attached hydrogens (tertiary/aromatic N) is 3.